The summed E-state index contributed by atoms with van der Waals surface area (Å²) in [6, 6.07) is 16.9. The first-order valence-corrected chi connectivity index (χ1v) is 10.8. The van der Waals surface area contributed by atoms with Crippen molar-refractivity contribution in [1.82, 2.24) is 0 Å². The van der Waals surface area contributed by atoms with Gasteiger partial charge in [-0.25, -0.2) is 9.29 Å². The smallest absolute Gasteiger partial charge is 0.282 e. The van der Waals surface area contributed by atoms with E-state index >= 15 is 0 Å². The Hall–Kier alpha value is -3.64. The molecular formula is C26H23ClFN3O2. The van der Waals surface area contributed by atoms with Crippen molar-refractivity contribution >= 4 is 46.1 Å². The highest BCUT2D eigenvalue weighted by Crippen LogP contribution is 2.35. The number of halogens is 2. The van der Waals surface area contributed by atoms with Crippen LogP contribution < -0.4 is 15.1 Å². The Balaban J connectivity index is 1.81. The van der Waals surface area contributed by atoms with Gasteiger partial charge in [0.25, 0.3) is 11.8 Å². The molecule has 0 saturated carbocycles. The summed E-state index contributed by atoms with van der Waals surface area (Å²) in [6.45, 7) is 3.93. The summed E-state index contributed by atoms with van der Waals surface area (Å²) >= 11 is 5.93. The Kier molecular flexibility index (Phi) is 5.95. The zero-order chi connectivity index (χ0) is 23.9. The summed E-state index contributed by atoms with van der Waals surface area (Å²) in [5.74, 6) is -1.66. The molecule has 7 heteroatoms. The van der Waals surface area contributed by atoms with E-state index in [1.807, 2.05) is 75.3 Å². The zero-order valence-electron chi connectivity index (χ0n) is 18.7. The second kappa shape index (κ2) is 8.71. The summed E-state index contributed by atoms with van der Waals surface area (Å²) in [5.41, 5.74) is 4.97. The number of amides is 2. The molecule has 33 heavy (non-hydrogen) atoms. The minimum Gasteiger partial charge on any atom is -0.378 e. The molecule has 0 fully saturated rings. The molecule has 3 aromatic carbocycles. The first-order valence-electron chi connectivity index (χ1n) is 10.4. The number of aryl methyl sites for hydroxylation is 2. The van der Waals surface area contributed by atoms with Gasteiger partial charge in [0.1, 0.15) is 11.5 Å². The molecule has 0 unspecified atom stereocenters. The van der Waals surface area contributed by atoms with Crippen molar-refractivity contribution in [3.8, 4) is 0 Å². The molecule has 1 heterocycles. The third-order valence-electron chi connectivity index (χ3n) is 5.69. The second-order valence-corrected chi connectivity index (χ2v) is 8.57. The average molecular weight is 464 g/mol. The van der Waals surface area contributed by atoms with E-state index in [1.54, 1.807) is 0 Å². The van der Waals surface area contributed by atoms with Crippen LogP contribution in [-0.2, 0) is 9.59 Å². The fraction of sp³-hybridized carbons (Fsp3) is 0.154. The summed E-state index contributed by atoms with van der Waals surface area (Å²) < 4.78 is 13.7. The number of nitrogens with zero attached hydrogens (tertiary/aromatic N) is 2. The van der Waals surface area contributed by atoms with Crippen molar-refractivity contribution in [1.29, 1.82) is 0 Å². The van der Waals surface area contributed by atoms with Gasteiger partial charge in [0.05, 0.1) is 16.3 Å². The van der Waals surface area contributed by atoms with Crippen LogP contribution in [-0.4, -0.2) is 25.9 Å². The molecule has 0 bridgehead atoms. The molecular weight excluding hydrogens is 441 g/mol. The van der Waals surface area contributed by atoms with Crippen LogP contribution in [0, 0.1) is 19.7 Å². The van der Waals surface area contributed by atoms with Gasteiger partial charge in [0.15, 0.2) is 0 Å². The van der Waals surface area contributed by atoms with E-state index in [2.05, 4.69) is 5.32 Å². The zero-order valence-corrected chi connectivity index (χ0v) is 19.5. The third kappa shape index (κ3) is 4.22. The number of benzene rings is 3. The second-order valence-electron chi connectivity index (χ2n) is 8.16. The average Bonchev–Trinajstić information content (AvgIpc) is 3.02. The molecule has 1 aliphatic heterocycles. The number of hydrogen-bond acceptors (Lipinski definition) is 4. The number of hydrogen-bond donors (Lipinski definition) is 1. The van der Waals surface area contributed by atoms with E-state index in [-0.39, 0.29) is 22.0 Å². The van der Waals surface area contributed by atoms with Crippen LogP contribution in [0.25, 0.3) is 5.57 Å². The van der Waals surface area contributed by atoms with Crippen molar-refractivity contribution < 1.29 is 14.0 Å². The SMILES string of the molecule is Cc1ccc(C2=C(Nc3ccc(N(C)C)cc3)C(=O)N(c3ccc(F)c(Cl)c3)C2=O)cc1C. The monoisotopic (exact) mass is 463 g/mol. The summed E-state index contributed by atoms with van der Waals surface area (Å²) in [7, 11) is 3.88. The lowest BCUT2D eigenvalue weighted by Gasteiger charge is -2.16. The minimum absolute atomic E-state index is 0.154. The molecule has 1 N–H and O–H groups in total. The van der Waals surface area contributed by atoms with Gasteiger partial charge < -0.3 is 10.2 Å². The van der Waals surface area contributed by atoms with Gasteiger partial charge in [-0.1, -0.05) is 29.8 Å². The Labute approximate surface area is 197 Å². The highest BCUT2D eigenvalue weighted by Gasteiger charge is 2.40. The third-order valence-corrected chi connectivity index (χ3v) is 5.98. The van der Waals surface area contributed by atoms with Gasteiger partial charge in [-0.2, -0.15) is 0 Å². The Morgan fingerprint density at radius 1 is 0.879 bits per heavy atom. The number of anilines is 3. The van der Waals surface area contributed by atoms with Crippen molar-refractivity contribution in [3.05, 3.63) is 93.9 Å². The van der Waals surface area contributed by atoms with Gasteiger partial charge in [-0.3, -0.25) is 9.59 Å². The number of nitrogens with one attached hydrogen (secondary N) is 1. The van der Waals surface area contributed by atoms with Gasteiger partial charge in [-0.15, -0.1) is 0 Å². The van der Waals surface area contributed by atoms with Crippen LogP contribution in [0.5, 0.6) is 0 Å². The number of rotatable bonds is 5. The molecule has 1 aliphatic rings. The van der Waals surface area contributed by atoms with Crippen LogP contribution >= 0.6 is 11.6 Å². The maximum Gasteiger partial charge on any atom is 0.282 e. The molecule has 168 valence electrons. The first-order chi connectivity index (χ1) is 15.7. The van der Waals surface area contributed by atoms with Crippen LogP contribution in [0.15, 0.2) is 66.4 Å². The molecule has 0 aliphatic carbocycles. The maximum absolute atomic E-state index is 13.7. The fourth-order valence-electron chi connectivity index (χ4n) is 3.66. The highest BCUT2D eigenvalue weighted by molar-refractivity contribution is 6.46. The van der Waals surface area contributed by atoms with E-state index in [9.17, 15) is 14.0 Å². The van der Waals surface area contributed by atoms with Gasteiger partial charge in [0.2, 0.25) is 0 Å². The number of imide groups is 1. The molecule has 0 saturated heterocycles. The molecule has 0 radical (unpaired) electrons. The predicted octanol–water partition coefficient (Wildman–Crippen LogP) is 5.56. The first kappa shape index (κ1) is 22.6. The number of carbonyl (C=O) groups excluding carboxylic acids is 2. The van der Waals surface area contributed by atoms with E-state index in [0.717, 1.165) is 27.8 Å². The molecule has 3 aromatic rings. The van der Waals surface area contributed by atoms with Crippen molar-refractivity contribution in [2.45, 2.75) is 13.8 Å². The van der Waals surface area contributed by atoms with Crippen molar-refractivity contribution in [2.24, 2.45) is 0 Å². The summed E-state index contributed by atoms with van der Waals surface area (Å²) in [4.78, 5) is 30.0. The lowest BCUT2D eigenvalue weighted by atomic mass is 9.99. The quantitative estimate of drug-likeness (QED) is 0.503. The van der Waals surface area contributed by atoms with Crippen molar-refractivity contribution in [2.75, 3.05) is 29.2 Å². The van der Waals surface area contributed by atoms with E-state index in [1.165, 1.54) is 12.1 Å². The van der Waals surface area contributed by atoms with Gasteiger partial charge in [-0.05, 0) is 73.0 Å². The number of carbonyl (C=O) groups is 2. The van der Waals surface area contributed by atoms with Crippen LogP contribution in [0.1, 0.15) is 16.7 Å². The Morgan fingerprint density at radius 2 is 1.58 bits per heavy atom. The molecule has 4 rings (SSSR count). The maximum atomic E-state index is 13.7. The largest absolute Gasteiger partial charge is 0.378 e. The predicted molar refractivity (Wildman–Crippen MR) is 131 cm³/mol. The standard InChI is InChI=1S/C26H23ClFN3O2/c1-15-5-6-17(13-16(15)2)23-24(29-18-7-9-19(10-8-18)30(3)4)26(33)31(25(23)32)20-11-12-22(28)21(27)14-20/h5-14,29H,1-4H3. The fourth-order valence-corrected chi connectivity index (χ4v) is 3.83. The van der Waals surface area contributed by atoms with E-state index < -0.39 is 17.6 Å². The van der Waals surface area contributed by atoms with Crippen LogP contribution in [0.3, 0.4) is 0 Å². The van der Waals surface area contributed by atoms with Gasteiger partial charge >= 0.3 is 0 Å². The minimum atomic E-state index is -0.624. The lowest BCUT2D eigenvalue weighted by molar-refractivity contribution is -0.120. The molecule has 5 nitrogen and oxygen atoms in total. The topological polar surface area (TPSA) is 52.7 Å². The summed E-state index contributed by atoms with van der Waals surface area (Å²) in [6.07, 6.45) is 0. The molecule has 2 amide bonds. The highest BCUT2D eigenvalue weighted by atomic mass is 35.5. The molecule has 0 spiro atoms. The van der Waals surface area contributed by atoms with E-state index in [0.29, 0.717) is 11.3 Å². The van der Waals surface area contributed by atoms with Gasteiger partial charge in [0, 0.05) is 25.5 Å². The van der Waals surface area contributed by atoms with Crippen LogP contribution in [0.4, 0.5) is 21.5 Å². The van der Waals surface area contributed by atoms with E-state index in [4.69, 9.17) is 11.6 Å². The normalized spacial score (nSPS) is 13.7. The Morgan fingerprint density at radius 3 is 2.18 bits per heavy atom. The molecule has 0 aromatic heterocycles. The molecule has 0 atom stereocenters. The van der Waals surface area contributed by atoms with Crippen molar-refractivity contribution in [3.63, 3.8) is 0 Å². The lowest BCUT2D eigenvalue weighted by Crippen LogP contribution is -2.32. The Bertz CT molecular complexity index is 1300. The van der Waals surface area contributed by atoms with Crippen LogP contribution in [0.2, 0.25) is 5.02 Å². The summed E-state index contributed by atoms with van der Waals surface area (Å²) in [5, 5.41) is 2.97.